The van der Waals surface area contributed by atoms with Gasteiger partial charge in [0.05, 0.1) is 12.0 Å². The van der Waals surface area contributed by atoms with E-state index in [1.165, 1.54) is 57.3 Å². The van der Waals surface area contributed by atoms with E-state index in [0.29, 0.717) is 0 Å². The van der Waals surface area contributed by atoms with Crippen molar-refractivity contribution in [3.8, 4) is 5.75 Å². The number of hydrogen-bond donors (Lipinski definition) is 4. The number of allylic oxidation sites excluding steroid dienone is 2. The molecular weight excluding hydrogens is 428 g/mol. The molecule has 32 heavy (non-hydrogen) atoms. The van der Waals surface area contributed by atoms with Crippen LogP contribution in [0.5, 0.6) is 5.75 Å². The van der Waals surface area contributed by atoms with Crippen molar-refractivity contribution >= 4 is 35.0 Å². The quantitative estimate of drug-likeness (QED) is 0.264. The highest BCUT2D eigenvalue weighted by Crippen LogP contribution is 2.31. The lowest BCUT2D eigenvalue weighted by molar-refractivity contribution is -0.145. The number of unbranched alkanes of at least 4 members (excludes halogenated alkanes) is 5. The first-order valence-corrected chi connectivity index (χ1v) is 11.2. The van der Waals surface area contributed by atoms with Gasteiger partial charge in [0, 0.05) is 11.3 Å². The predicted octanol–water partition coefficient (Wildman–Crippen LogP) is 5.13. The maximum atomic E-state index is 10.8. The average molecular weight is 463 g/mol. The molecule has 0 bridgehead atoms. The number of carbonyl (C=O) groups is 2. The fraction of sp³-hybridized carbons (Fsp3) is 0.458. The van der Waals surface area contributed by atoms with E-state index in [0.717, 1.165) is 24.5 Å². The second kappa shape index (κ2) is 14.2. The number of hydrogen-bond acceptors (Lipinski definition) is 4. The summed E-state index contributed by atoms with van der Waals surface area (Å²) in [5.74, 6) is -1.17. The fourth-order valence-corrected chi connectivity index (χ4v) is 3.15. The Morgan fingerprint density at radius 3 is 2.31 bits per heavy atom. The van der Waals surface area contributed by atoms with Gasteiger partial charge >= 0.3 is 11.9 Å². The molecule has 7 nitrogen and oxygen atoms in total. The van der Waals surface area contributed by atoms with Crippen molar-refractivity contribution in [2.75, 3.05) is 11.9 Å². The topological polar surface area (TPSA) is 122 Å². The summed E-state index contributed by atoms with van der Waals surface area (Å²) in [6.07, 6.45) is 12.1. The van der Waals surface area contributed by atoms with Crippen LogP contribution in [0.15, 0.2) is 48.1 Å². The average Bonchev–Trinajstić information content (AvgIpc) is 2.74. The van der Waals surface area contributed by atoms with E-state index < -0.39 is 17.4 Å². The van der Waals surface area contributed by atoms with Crippen molar-refractivity contribution in [2.45, 2.75) is 58.8 Å². The Bertz CT molecular complexity index is 820. The molecule has 0 amide bonds. The van der Waals surface area contributed by atoms with Crippen LogP contribution in [0.2, 0.25) is 0 Å². The Kier molecular flexibility index (Phi) is 12.1. The van der Waals surface area contributed by atoms with Gasteiger partial charge in [0.15, 0.2) is 5.11 Å². The highest BCUT2D eigenvalue weighted by Gasteiger charge is 2.34. The molecule has 1 atom stereocenters. The highest BCUT2D eigenvalue weighted by atomic mass is 32.1. The zero-order chi connectivity index (χ0) is 24.0. The van der Waals surface area contributed by atoms with Gasteiger partial charge in [0.1, 0.15) is 5.75 Å². The third-order valence-electron chi connectivity index (χ3n) is 4.97. The van der Waals surface area contributed by atoms with Crippen LogP contribution in [0, 0.1) is 5.41 Å². The Balaban J connectivity index is 0.000000343. The minimum atomic E-state index is -1.08. The maximum absolute atomic E-state index is 10.8. The molecule has 8 heteroatoms. The molecule has 0 saturated heterocycles. The fourth-order valence-electron chi connectivity index (χ4n) is 3.03. The number of benzene rings is 1. The lowest BCUT2D eigenvalue weighted by Crippen LogP contribution is -2.28. The zero-order valence-corrected chi connectivity index (χ0v) is 19.6. The molecule has 1 aromatic carbocycles. The number of nitrogens with one attached hydrogen (secondary N) is 1. The van der Waals surface area contributed by atoms with Crippen LogP contribution in [0.4, 0.5) is 5.69 Å². The summed E-state index contributed by atoms with van der Waals surface area (Å²) >= 11 is 4.77. The van der Waals surface area contributed by atoms with Crippen LogP contribution < -0.4 is 15.8 Å². The van der Waals surface area contributed by atoms with Crippen LogP contribution in [-0.2, 0) is 9.59 Å². The van der Waals surface area contributed by atoms with Crippen molar-refractivity contribution in [1.29, 1.82) is 0 Å². The van der Waals surface area contributed by atoms with Crippen LogP contribution in [0.1, 0.15) is 58.8 Å². The molecule has 0 saturated carbocycles. The molecule has 0 radical (unpaired) electrons. The number of aliphatic carboxylic acids is 2. The number of carboxylic acids is 2. The van der Waals surface area contributed by atoms with Crippen LogP contribution >= 0.6 is 12.2 Å². The van der Waals surface area contributed by atoms with E-state index in [1.807, 2.05) is 24.3 Å². The highest BCUT2D eigenvalue weighted by molar-refractivity contribution is 7.80. The summed E-state index contributed by atoms with van der Waals surface area (Å²) < 4.78 is 5.68. The van der Waals surface area contributed by atoms with Gasteiger partial charge in [-0.15, -0.1) is 0 Å². The second-order valence-electron chi connectivity index (χ2n) is 7.89. The minimum Gasteiger partial charge on any atom is -0.494 e. The molecule has 1 unspecified atom stereocenters. The Morgan fingerprint density at radius 1 is 1.12 bits per heavy atom. The third-order valence-corrected chi connectivity index (χ3v) is 5.07. The summed E-state index contributed by atoms with van der Waals surface area (Å²) in [5.41, 5.74) is 5.34. The first kappa shape index (κ1) is 27.2. The van der Waals surface area contributed by atoms with Crippen molar-refractivity contribution in [3.63, 3.8) is 0 Å². The minimum absolute atomic E-state index is 0.0359. The second-order valence-corrected chi connectivity index (χ2v) is 8.33. The third kappa shape index (κ3) is 10.4. The van der Waals surface area contributed by atoms with E-state index in [1.54, 1.807) is 0 Å². The van der Waals surface area contributed by atoms with Gasteiger partial charge in [-0.25, -0.2) is 4.79 Å². The molecule has 0 aromatic heterocycles. The molecule has 0 aliphatic heterocycles. The van der Waals surface area contributed by atoms with E-state index in [-0.39, 0.29) is 17.1 Å². The van der Waals surface area contributed by atoms with Crippen molar-refractivity contribution < 1.29 is 24.5 Å². The van der Waals surface area contributed by atoms with Gasteiger partial charge in [-0.05, 0) is 56.2 Å². The molecule has 1 aliphatic rings. The molecule has 0 heterocycles. The smallest absolute Gasteiger partial charge is 0.331 e. The Morgan fingerprint density at radius 2 is 1.75 bits per heavy atom. The van der Waals surface area contributed by atoms with E-state index >= 15 is 0 Å². The number of rotatable bonds is 11. The normalized spacial score (nSPS) is 16.9. The number of anilines is 1. The van der Waals surface area contributed by atoms with Crippen molar-refractivity contribution in [3.05, 3.63) is 48.1 Å². The van der Waals surface area contributed by atoms with Gasteiger partial charge in [-0.1, -0.05) is 57.3 Å². The summed E-state index contributed by atoms with van der Waals surface area (Å²) in [5, 5.41) is 20.6. The molecule has 176 valence electrons. The Labute approximate surface area is 195 Å². The molecule has 1 aliphatic carbocycles. The summed E-state index contributed by atoms with van der Waals surface area (Å²) in [6.45, 7) is 4.52. The molecule has 5 N–H and O–H groups in total. The summed E-state index contributed by atoms with van der Waals surface area (Å²) in [6, 6.07) is 7.68. The monoisotopic (exact) mass is 462 g/mol. The van der Waals surface area contributed by atoms with Gasteiger partial charge in [0.2, 0.25) is 0 Å². The first-order valence-electron chi connectivity index (χ1n) is 10.8. The predicted molar refractivity (Wildman–Crippen MR) is 131 cm³/mol. The van der Waals surface area contributed by atoms with E-state index in [4.69, 9.17) is 32.9 Å². The lowest BCUT2D eigenvalue weighted by atomic mass is 9.80. The number of ether oxygens (including phenoxy) is 1. The van der Waals surface area contributed by atoms with E-state index in [9.17, 15) is 9.59 Å². The van der Waals surface area contributed by atoms with Crippen LogP contribution in [-0.4, -0.2) is 33.9 Å². The summed E-state index contributed by atoms with van der Waals surface area (Å²) in [7, 11) is 0. The van der Waals surface area contributed by atoms with Gasteiger partial charge in [0.25, 0.3) is 0 Å². The molecular formula is C24H34N2O5S. The zero-order valence-electron chi connectivity index (χ0n) is 18.8. The van der Waals surface area contributed by atoms with E-state index in [2.05, 4.69) is 12.2 Å². The first-order chi connectivity index (χ1) is 15.2. The SMILES string of the molecule is CC1(C(=O)O)C=CC=C(C(=O)O)C1.CCCCCCCCOc1ccc(NC(N)=S)cc1. The van der Waals surface area contributed by atoms with Gasteiger partial charge in [-0.2, -0.15) is 0 Å². The molecule has 2 rings (SSSR count). The largest absolute Gasteiger partial charge is 0.494 e. The molecule has 0 spiro atoms. The maximum Gasteiger partial charge on any atom is 0.331 e. The van der Waals surface area contributed by atoms with Gasteiger partial charge < -0.3 is 26.0 Å². The van der Waals surface area contributed by atoms with Crippen LogP contribution in [0.25, 0.3) is 0 Å². The lowest BCUT2D eigenvalue weighted by Gasteiger charge is -2.23. The van der Waals surface area contributed by atoms with Crippen LogP contribution in [0.3, 0.4) is 0 Å². The Hall–Kier alpha value is -2.87. The molecule has 0 fully saturated rings. The standard InChI is InChI=1S/C15H24N2OS.C9H10O4/c1-2-3-4-5-6-7-12-18-14-10-8-13(9-11-14)17-15(16)19;1-9(8(12)13)4-2-3-6(5-9)7(10)11/h8-11H,2-7,12H2,1H3,(H3,16,17,19);2-4H,5H2,1H3,(H,10,11)(H,12,13). The summed E-state index contributed by atoms with van der Waals surface area (Å²) in [4.78, 5) is 21.3. The van der Waals surface area contributed by atoms with Crippen molar-refractivity contribution in [1.82, 2.24) is 0 Å². The number of carboxylic acid groups (broad SMARTS) is 2. The van der Waals surface area contributed by atoms with Crippen molar-refractivity contribution in [2.24, 2.45) is 11.1 Å². The van der Waals surface area contributed by atoms with Gasteiger partial charge in [-0.3, -0.25) is 4.79 Å². The number of nitrogens with two attached hydrogens (primary N) is 1. The number of thiocarbonyl (C=S) groups is 1. The molecule has 1 aromatic rings.